The maximum Gasteiger partial charge on any atom is 0.0967 e. The fourth-order valence-electron chi connectivity index (χ4n) is 0.500. The minimum absolute atomic E-state index is 0.194. The van der Waals surface area contributed by atoms with Crippen LogP contribution in [-0.2, 0) is 0 Å². The van der Waals surface area contributed by atoms with Crippen LogP contribution in [-0.4, -0.2) is 35.1 Å². The van der Waals surface area contributed by atoms with Crippen molar-refractivity contribution >= 4 is 46.4 Å². The van der Waals surface area contributed by atoms with Gasteiger partial charge in [-0.1, -0.05) is 39.5 Å². The van der Waals surface area contributed by atoms with Crippen molar-refractivity contribution in [3.8, 4) is 0 Å². The summed E-state index contributed by atoms with van der Waals surface area (Å²) in [5, 5.41) is 14.4. The lowest BCUT2D eigenvalue weighted by atomic mass is 10.2. The highest BCUT2D eigenvalue weighted by Gasteiger charge is 1.75. The van der Waals surface area contributed by atoms with Crippen LogP contribution >= 0.6 is 46.4 Å². The summed E-state index contributed by atoms with van der Waals surface area (Å²) in [6.07, 6.45) is 5.54. The molecule has 0 heterocycles. The Morgan fingerprint density at radius 1 is 0.625 bits per heavy atom. The van der Waals surface area contributed by atoms with Crippen molar-refractivity contribution < 1.29 is 10.2 Å². The summed E-state index contributed by atoms with van der Waals surface area (Å²) in [7, 11) is 2.00. The summed E-state index contributed by atoms with van der Waals surface area (Å²) in [6.45, 7) is 4.46. The lowest BCUT2D eigenvalue weighted by molar-refractivity contribution is 0.399. The fraction of sp³-hybridized carbons (Fsp3) is 1.00. The first kappa shape index (κ1) is 30.3. The van der Waals surface area contributed by atoms with Crippen LogP contribution in [0.4, 0.5) is 0 Å². The van der Waals surface area contributed by atoms with Gasteiger partial charge in [0.2, 0.25) is 0 Å². The van der Waals surface area contributed by atoms with E-state index in [9.17, 15) is 0 Å². The predicted octanol–water partition coefficient (Wildman–Crippen LogP) is 4.65. The van der Waals surface area contributed by atoms with E-state index in [0.717, 1.165) is 14.2 Å². The fourth-order valence-corrected chi connectivity index (χ4v) is 0.500. The lowest BCUT2D eigenvalue weighted by Crippen LogP contribution is -1.66. The van der Waals surface area contributed by atoms with Crippen molar-refractivity contribution in [1.29, 1.82) is 0 Å². The van der Waals surface area contributed by atoms with Crippen LogP contribution in [0.15, 0.2) is 0 Å². The highest BCUT2D eigenvalue weighted by atomic mass is 35.5. The van der Waals surface area contributed by atoms with Crippen LogP contribution in [0.1, 0.15) is 39.5 Å². The summed E-state index contributed by atoms with van der Waals surface area (Å²) in [6, 6.07) is 0. The molecule has 6 heteroatoms. The van der Waals surface area contributed by atoms with Gasteiger partial charge in [0, 0.05) is 14.2 Å². The minimum Gasteiger partial charge on any atom is -0.400 e. The minimum atomic E-state index is 0.194. The maximum atomic E-state index is 7.00. The van der Waals surface area contributed by atoms with Crippen LogP contribution < -0.4 is 0 Å². The van der Waals surface area contributed by atoms with Crippen molar-refractivity contribution in [2.75, 3.05) is 24.9 Å². The second-order valence-corrected chi connectivity index (χ2v) is 3.53. The first-order valence-corrected chi connectivity index (χ1v) is 7.02. The number of hydrogen-bond donors (Lipinski definition) is 2. The van der Waals surface area contributed by atoms with Gasteiger partial charge in [-0.25, -0.2) is 0 Å². The van der Waals surface area contributed by atoms with E-state index in [1.54, 1.807) is 0 Å². The van der Waals surface area contributed by atoms with Crippen molar-refractivity contribution in [3.05, 3.63) is 0 Å². The smallest absolute Gasteiger partial charge is 0.0967 e. The highest BCUT2D eigenvalue weighted by Crippen LogP contribution is 1.95. The third-order valence-corrected chi connectivity index (χ3v) is 0.957. The zero-order chi connectivity index (χ0) is 14.2. The van der Waals surface area contributed by atoms with Gasteiger partial charge in [0.1, 0.15) is 0 Å². The molecule has 2 nitrogen and oxygen atoms in total. The van der Waals surface area contributed by atoms with E-state index in [4.69, 9.17) is 56.6 Å². The molecule has 0 rings (SSSR count). The molecule has 0 aromatic heterocycles. The molecule has 0 fully saturated rings. The van der Waals surface area contributed by atoms with Crippen molar-refractivity contribution in [2.45, 2.75) is 39.5 Å². The summed E-state index contributed by atoms with van der Waals surface area (Å²) >= 11 is 19.1. The van der Waals surface area contributed by atoms with E-state index in [0.29, 0.717) is 0 Å². The standard InChI is InChI=1S/C6H14.2CH2Cl2.2CH4O/c1-3-5-6-4-2;2*2-1-3;2*1-2/h3-6H2,1-2H3;2*1H2;2*2H,1H3. The van der Waals surface area contributed by atoms with Crippen LogP contribution in [0.2, 0.25) is 0 Å². The third kappa shape index (κ3) is 180. The van der Waals surface area contributed by atoms with Crippen molar-refractivity contribution in [1.82, 2.24) is 0 Å². The van der Waals surface area contributed by atoms with E-state index in [-0.39, 0.29) is 10.7 Å². The maximum absolute atomic E-state index is 7.00. The number of rotatable bonds is 3. The lowest BCUT2D eigenvalue weighted by Gasteiger charge is -1.86. The Bertz CT molecular complexity index is 45.8. The van der Waals surface area contributed by atoms with Crippen molar-refractivity contribution in [3.63, 3.8) is 0 Å². The quantitative estimate of drug-likeness (QED) is 0.587. The van der Waals surface area contributed by atoms with Crippen LogP contribution in [0.5, 0.6) is 0 Å². The van der Waals surface area contributed by atoms with Gasteiger partial charge in [0.05, 0.1) is 10.7 Å². The molecule has 106 valence electrons. The Morgan fingerprint density at radius 3 is 0.812 bits per heavy atom. The molecule has 0 saturated carbocycles. The van der Waals surface area contributed by atoms with Gasteiger partial charge >= 0.3 is 0 Å². The van der Waals surface area contributed by atoms with Crippen LogP contribution in [0.3, 0.4) is 0 Å². The van der Waals surface area contributed by atoms with E-state index in [1.165, 1.54) is 25.7 Å². The largest absolute Gasteiger partial charge is 0.400 e. The first-order chi connectivity index (χ1) is 7.74. The highest BCUT2D eigenvalue weighted by molar-refractivity contribution is 6.40. The van der Waals surface area contributed by atoms with Gasteiger partial charge in [-0.05, 0) is 0 Å². The molecule has 0 aliphatic rings. The second-order valence-electron chi connectivity index (χ2n) is 1.91. The van der Waals surface area contributed by atoms with Gasteiger partial charge in [0.25, 0.3) is 0 Å². The van der Waals surface area contributed by atoms with E-state index in [2.05, 4.69) is 13.8 Å². The molecule has 0 radical (unpaired) electrons. The summed E-state index contributed by atoms with van der Waals surface area (Å²) in [5.74, 6) is 0. The monoisotopic (exact) mass is 318 g/mol. The molecule has 2 N–H and O–H groups in total. The van der Waals surface area contributed by atoms with E-state index in [1.807, 2.05) is 0 Å². The Labute approximate surface area is 121 Å². The normalized spacial score (nSPS) is 6.38. The summed E-state index contributed by atoms with van der Waals surface area (Å²) in [5.41, 5.74) is 0. The Hall–Kier alpha value is 1.08. The molecular formula is C10H26Cl4O2. The van der Waals surface area contributed by atoms with E-state index >= 15 is 0 Å². The number of aliphatic hydroxyl groups excluding tert-OH is 2. The second kappa shape index (κ2) is 72.9. The third-order valence-electron chi connectivity index (χ3n) is 0.957. The molecule has 0 unspecified atom stereocenters. The number of aliphatic hydroxyl groups is 2. The molecule has 0 aromatic rings. The number of alkyl halides is 4. The molecule has 0 aliphatic heterocycles. The average molecular weight is 320 g/mol. The molecule has 0 atom stereocenters. The summed E-state index contributed by atoms with van der Waals surface area (Å²) in [4.78, 5) is 0. The van der Waals surface area contributed by atoms with Crippen LogP contribution in [0.25, 0.3) is 0 Å². The number of unbranched alkanes of at least 4 members (excludes halogenated alkanes) is 3. The van der Waals surface area contributed by atoms with Gasteiger partial charge in [-0.2, -0.15) is 0 Å². The molecule has 0 amide bonds. The molecule has 0 aromatic carbocycles. The zero-order valence-corrected chi connectivity index (χ0v) is 13.7. The SMILES string of the molecule is CCCCCC.CO.CO.ClCCl.ClCCl. The molecule has 0 bridgehead atoms. The van der Waals surface area contributed by atoms with Gasteiger partial charge in [-0.3, -0.25) is 0 Å². The molecule has 0 aliphatic carbocycles. The number of halogens is 4. The van der Waals surface area contributed by atoms with Crippen molar-refractivity contribution in [2.24, 2.45) is 0 Å². The topological polar surface area (TPSA) is 40.5 Å². The summed E-state index contributed by atoms with van der Waals surface area (Å²) < 4.78 is 0. The Morgan fingerprint density at radius 2 is 0.750 bits per heavy atom. The Kier molecular flexibility index (Phi) is 138. The molecule has 16 heavy (non-hydrogen) atoms. The molecular weight excluding hydrogens is 294 g/mol. The Balaban J connectivity index is -0.0000000349. The predicted molar refractivity (Wildman–Crippen MR) is 79.2 cm³/mol. The first-order valence-electron chi connectivity index (χ1n) is 4.88. The number of hydrogen-bond acceptors (Lipinski definition) is 2. The molecule has 0 saturated heterocycles. The average Bonchev–Trinajstić information content (AvgIpc) is 2.34. The van der Waals surface area contributed by atoms with Gasteiger partial charge < -0.3 is 10.2 Å². The van der Waals surface area contributed by atoms with Gasteiger partial charge in [0.15, 0.2) is 0 Å². The van der Waals surface area contributed by atoms with Crippen LogP contribution in [0, 0.1) is 0 Å². The molecule has 0 spiro atoms. The van der Waals surface area contributed by atoms with Gasteiger partial charge in [-0.15, -0.1) is 46.4 Å². The zero-order valence-electron chi connectivity index (χ0n) is 10.6. The van der Waals surface area contributed by atoms with E-state index < -0.39 is 0 Å².